The molecule has 0 bridgehead atoms. The fourth-order valence-corrected chi connectivity index (χ4v) is 3.03. The first-order valence-corrected chi connectivity index (χ1v) is 7.93. The number of hydrogen-bond donors (Lipinski definition) is 1. The van der Waals surface area contributed by atoms with Crippen LogP contribution in [0.1, 0.15) is 11.3 Å². The van der Waals surface area contributed by atoms with Gasteiger partial charge in [0.25, 0.3) is 0 Å². The zero-order valence-electron chi connectivity index (χ0n) is 12.3. The summed E-state index contributed by atoms with van der Waals surface area (Å²) in [6.45, 7) is 0.246. The lowest BCUT2D eigenvalue weighted by Crippen LogP contribution is -1.92. The van der Waals surface area contributed by atoms with E-state index in [1.807, 2.05) is 36.4 Å². The number of halogens is 2. The zero-order valence-corrected chi connectivity index (χ0v) is 13.8. The summed E-state index contributed by atoms with van der Waals surface area (Å²) in [4.78, 5) is 4.42. The first-order chi connectivity index (χ1) is 11.6. The van der Waals surface area contributed by atoms with E-state index in [-0.39, 0.29) is 17.6 Å². The van der Waals surface area contributed by atoms with E-state index >= 15 is 0 Å². The molecule has 4 rings (SSSR count). The number of fused-ring (bicyclic) bond motifs is 2. The molecular formula is C18H11Cl2NO3. The maximum absolute atomic E-state index is 10.1. The van der Waals surface area contributed by atoms with Crippen LogP contribution in [-0.4, -0.2) is 16.9 Å². The molecule has 6 heteroatoms. The van der Waals surface area contributed by atoms with Crippen molar-refractivity contribution in [3.8, 4) is 17.2 Å². The number of aromatic hydroxyl groups is 1. The summed E-state index contributed by atoms with van der Waals surface area (Å²) in [6.07, 6.45) is 3.74. The number of benzene rings is 2. The maximum Gasteiger partial charge on any atom is 0.231 e. The molecule has 0 saturated carbocycles. The third-order valence-corrected chi connectivity index (χ3v) is 4.32. The molecule has 0 radical (unpaired) electrons. The van der Waals surface area contributed by atoms with Crippen molar-refractivity contribution in [1.82, 2.24) is 4.98 Å². The largest absolute Gasteiger partial charge is 0.504 e. The van der Waals surface area contributed by atoms with Gasteiger partial charge in [-0.2, -0.15) is 0 Å². The molecule has 0 spiro atoms. The average molecular weight is 360 g/mol. The monoisotopic (exact) mass is 359 g/mol. The minimum Gasteiger partial charge on any atom is -0.504 e. The minimum absolute atomic E-state index is 0.0746. The molecular weight excluding hydrogens is 349 g/mol. The summed E-state index contributed by atoms with van der Waals surface area (Å²) in [5.74, 6) is 1.39. The van der Waals surface area contributed by atoms with Gasteiger partial charge in [-0.25, -0.2) is 4.98 Å². The Morgan fingerprint density at radius 1 is 0.958 bits per heavy atom. The fraction of sp³-hybridized carbons (Fsp3) is 0.0556. The normalized spacial score (nSPS) is 13.1. The van der Waals surface area contributed by atoms with Gasteiger partial charge < -0.3 is 14.6 Å². The lowest BCUT2D eigenvalue weighted by atomic mass is 10.1. The van der Waals surface area contributed by atoms with Crippen LogP contribution >= 0.6 is 23.2 Å². The van der Waals surface area contributed by atoms with Crippen molar-refractivity contribution in [3.05, 3.63) is 57.7 Å². The second kappa shape index (κ2) is 5.89. The number of pyridine rings is 1. The van der Waals surface area contributed by atoms with Gasteiger partial charge in [0.15, 0.2) is 17.2 Å². The number of hydrogen-bond acceptors (Lipinski definition) is 4. The highest BCUT2D eigenvalue weighted by Gasteiger charge is 2.13. The Labute approximate surface area is 147 Å². The summed E-state index contributed by atoms with van der Waals surface area (Å²) < 4.78 is 10.6. The lowest BCUT2D eigenvalue weighted by Gasteiger charge is -2.05. The molecule has 1 aliphatic heterocycles. The molecule has 0 aliphatic carbocycles. The zero-order chi connectivity index (χ0) is 16.7. The molecule has 0 amide bonds. The second-order valence-corrected chi connectivity index (χ2v) is 6.08. The van der Waals surface area contributed by atoms with Crippen LogP contribution in [0.4, 0.5) is 0 Å². The molecule has 2 aromatic carbocycles. The van der Waals surface area contributed by atoms with Crippen molar-refractivity contribution in [2.75, 3.05) is 6.79 Å². The van der Waals surface area contributed by atoms with E-state index in [4.69, 9.17) is 32.7 Å². The summed E-state index contributed by atoms with van der Waals surface area (Å²) in [7, 11) is 0. The van der Waals surface area contributed by atoms with Crippen molar-refractivity contribution in [3.63, 3.8) is 0 Å². The van der Waals surface area contributed by atoms with Crippen LogP contribution in [0, 0.1) is 0 Å². The Kier molecular flexibility index (Phi) is 3.71. The molecule has 1 aliphatic rings. The summed E-state index contributed by atoms with van der Waals surface area (Å²) in [5.41, 5.74) is 2.00. The molecule has 3 aromatic rings. The van der Waals surface area contributed by atoms with Gasteiger partial charge in [0.05, 0.1) is 15.7 Å². The third kappa shape index (κ3) is 2.64. The van der Waals surface area contributed by atoms with Gasteiger partial charge in [-0.3, -0.25) is 0 Å². The van der Waals surface area contributed by atoms with Crippen LogP contribution in [0.15, 0.2) is 36.4 Å². The Bertz CT molecular complexity index is 986. The number of phenols is 1. The first kappa shape index (κ1) is 15.1. The molecule has 0 fully saturated rings. The van der Waals surface area contributed by atoms with Gasteiger partial charge in [-0.15, -0.1) is 0 Å². The second-order valence-electron chi connectivity index (χ2n) is 5.27. The van der Waals surface area contributed by atoms with Gasteiger partial charge in [0, 0.05) is 5.39 Å². The molecule has 1 N–H and O–H groups in total. The molecule has 2 heterocycles. The SMILES string of the molecule is Oc1c(Cl)cc(Cl)c2ccc(C=Cc3ccc4c(c3)OCO4)nc12. The van der Waals surface area contributed by atoms with Gasteiger partial charge >= 0.3 is 0 Å². The van der Waals surface area contributed by atoms with Crippen molar-refractivity contribution < 1.29 is 14.6 Å². The molecule has 0 atom stereocenters. The van der Waals surface area contributed by atoms with E-state index in [9.17, 15) is 5.11 Å². The number of phenolic OH excluding ortho intramolecular Hbond substituents is 1. The van der Waals surface area contributed by atoms with E-state index in [1.54, 1.807) is 6.07 Å². The van der Waals surface area contributed by atoms with E-state index in [0.717, 1.165) is 17.1 Å². The number of ether oxygens (including phenoxy) is 2. The van der Waals surface area contributed by atoms with Crippen LogP contribution in [0.25, 0.3) is 23.1 Å². The van der Waals surface area contributed by atoms with E-state index in [0.29, 0.717) is 21.6 Å². The summed E-state index contributed by atoms with van der Waals surface area (Å²) >= 11 is 12.1. The standard InChI is InChI=1S/C18H11Cl2NO3/c19-13-8-14(20)18(22)17-12(13)5-4-11(21-17)3-1-10-2-6-15-16(7-10)24-9-23-15/h1-8,22H,9H2. The average Bonchev–Trinajstić information content (AvgIpc) is 3.05. The number of aromatic nitrogens is 1. The van der Waals surface area contributed by atoms with Gasteiger partial charge in [0.2, 0.25) is 6.79 Å². The topological polar surface area (TPSA) is 51.6 Å². The van der Waals surface area contributed by atoms with Crippen LogP contribution in [0.3, 0.4) is 0 Å². The van der Waals surface area contributed by atoms with Gasteiger partial charge in [0.1, 0.15) is 5.52 Å². The highest BCUT2D eigenvalue weighted by atomic mass is 35.5. The molecule has 120 valence electrons. The predicted octanol–water partition coefficient (Wildman–Crippen LogP) is 5.15. The van der Waals surface area contributed by atoms with Crippen molar-refractivity contribution >= 4 is 46.3 Å². The molecule has 1 aromatic heterocycles. The Morgan fingerprint density at radius 3 is 2.67 bits per heavy atom. The first-order valence-electron chi connectivity index (χ1n) is 7.17. The smallest absolute Gasteiger partial charge is 0.231 e. The Hall–Kier alpha value is -2.43. The summed E-state index contributed by atoms with van der Waals surface area (Å²) in [6, 6.07) is 10.8. The van der Waals surface area contributed by atoms with E-state index < -0.39 is 0 Å². The maximum atomic E-state index is 10.1. The third-order valence-electron chi connectivity index (χ3n) is 3.72. The Morgan fingerprint density at radius 2 is 1.79 bits per heavy atom. The highest BCUT2D eigenvalue weighted by Crippen LogP contribution is 2.36. The Balaban J connectivity index is 1.71. The van der Waals surface area contributed by atoms with Crippen molar-refractivity contribution in [1.29, 1.82) is 0 Å². The van der Waals surface area contributed by atoms with Crippen molar-refractivity contribution in [2.24, 2.45) is 0 Å². The van der Waals surface area contributed by atoms with Crippen LogP contribution in [0.5, 0.6) is 17.2 Å². The number of rotatable bonds is 2. The predicted molar refractivity (Wildman–Crippen MR) is 94.9 cm³/mol. The van der Waals surface area contributed by atoms with Crippen LogP contribution in [-0.2, 0) is 0 Å². The van der Waals surface area contributed by atoms with Gasteiger partial charge in [-0.1, -0.05) is 35.3 Å². The number of nitrogens with zero attached hydrogens (tertiary/aromatic N) is 1. The highest BCUT2D eigenvalue weighted by molar-refractivity contribution is 6.39. The summed E-state index contributed by atoms with van der Waals surface area (Å²) in [5, 5.41) is 11.4. The van der Waals surface area contributed by atoms with Crippen molar-refractivity contribution in [2.45, 2.75) is 0 Å². The molecule has 0 saturated heterocycles. The minimum atomic E-state index is -0.0746. The van der Waals surface area contributed by atoms with Gasteiger partial charge in [-0.05, 0) is 42.0 Å². The molecule has 4 nitrogen and oxygen atoms in total. The lowest BCUT2D eigenvalue weighted by molar-refractivity contribution is 0.174. The molecule has 0 unspecified atom stereocenters. The van der Waals surface area contributed by atoms with E-state index in [1.165, 1.54) is 6.07 Å². The quantitative estimate of drug-likeness (QED) is 0.687. The van der Waals surface area contributed by atoms with Crippen LogP contribution in [0.2, 0.25) is 10.0 Å². The van der Waals surface area contributed by atoms with E-state index in [2.05, 4.69) is 4.98 Å². The fourth-order valence-electron chi connectivity index (χ4n) is 2.51. The van der Waals surface area contributed by atoms with Crippen LogP contribution < -0.4 is 9.47 Å². The molecule has 24 heavy (non-hydrogen) atoms.